The molecule has 2 heteroatoms. The van der Waals surface area contributed by atoms with Gasteiger partial charge in [0.05, 0.1) is 12.0 Å². The third-order valence-electron chi connectivity index (χ3n) is 7.00. The number of fused-ring (bicyclic) bond motifs is 5. The lowest BCUT2D eigenvalue weighted by Crippen LogP contribution is -2.42. The lowest BCUT2D eigenvalue weighted by Gasteiger charge is -2.41. The summed E-state index contributed by atoms with van der Waals surface area (Å²) in [5.41, 5.74) is -0.183. The maximum Gasteiger partial charge on any atom is 0.312 e. The number of ether oxygens (including phenoxy) is 1. The van der Waals surface area contributed by atoms with Crippen LogP contribution in [0.15, 0.2) is 0 Å². The molecule has 0 N–H and O–H groups in total. The molecule has 3 rings (SSSR count). The van der Waals surface area contributed by atoms with Crippen molar-refractivity contribution in [2.45, 2.75) is 59.8 Å². The van der Waals surface area contributed by atoms with Crippen LogP contribution in [0, 0.1) is 40.9 Å². The highest BCUT2D eigenvalue weighted by molar-refractivity contribution is 5.77. The van der Waals surface area contributed by atoms with E-state index in [1.807, 2.05) is 6.92 Å². The second kappa shape index (κ2) is 5.03. The zero-order valence-electron chi connectivity index (χ0n) is 13.5. The Kier molecular flexibility index (Phi) is 3.63. The van der Waals surface area contributed by atoms with Gasteiger partial charge in [-0.3, -0.25) is 4.79 Å². The number of rotatable bonds is 4. The summed E-state index contributed by atoms with van der Waals surface area (Å²) < 4.78 is 5.41. The molecule has 0 heterocycles. The fourth-order valence-electron chi connectivity index (χ4n) is 6.28. The van der Waals surface area contributed by atoms with Crippen LogP contribution >= 0.6 is 0 Å². The van der Waals surface area contributed by atoms with Gasteiger partial charge in [0.1, 0.15) is 0 Å². The van der Waals surface area contributed by atoms with Crippen molar-refractivity contribution in [2.24, 2.45) is 40.9 Å². The highest BCUT2D eigenvalue weighted by Gasteiger charge is 2.65. The van der Waals surface area contributed by atoms with E-state index < -0.39 is 0 Å². The number of hydrogen-bond acceptors (Lipinski definition) is 2. The minimum Gasteiger partial charge on any atom is -0.466 e. The molecule has 0 aliphatic heterocycles. The standard InChI is InChI=1S/C18H30O2/c1-5-11-8-12(6-2)16-14-9-13(15(11)16)10-18(14,4)17(19)20-7-3/h11-16H,5-10H2,1-4H3/t11?,12?,13-,14-,15?,16?,18+/m1/s1. The van der Waals surface area contributed by atoms with Gasteiger partial charge in [-0.25, -0.2) is 0 Å². The zero-order chi connectivity index (χ0) is 14.5. The highest BCUT2D eigenvalue weighted by atomic mass is 16.5. The van der Waals surface area contributed by atoms with Crippen molar-refractivity contribution in [3.8, 4) is 0 Å². The molecule has 0 radical (unpaired) electrons. The van der Waals surface area contributed by atoms with Crippen molar-refractivity contribution < 1.29 is 9.53 Å². The van der Waals surface area contributed by atoms with Gasteiger partial charge in [-0.1, -0.05) is 26.7 Å². The van der Waals surface area contributed by atoms with Crippen LogP contribution in [0.25, 0.3) is 0 Å². The van der Waals surface area contributed by atoms with E-state index in [-0.39, 0.29) is 11.4 Å². The molecule has 3 saturated carbocycles. The smallest absolute Gasteiger partial charge is 0.312 e. The van der Waals surface area contributed by atoms with Gasteiger partial charge >= 0.3 is 5.97 Å². The Balaban J connectivity index is 1.86. The molecule has 0 amide bonds. The van der Waals surface area contributed by atoms with E-state index in [0.29, 0.717) is 12.5 Å². The van der Waals surface area contributed by atoms with Crippen LogP contribution in [0.1, 0.15) is 59.8 Å². The van der Waals surface area contributed by atoms with Crippen molar-refractivity contribution >= 4 is 5.97 Å². The van der Waals surface area contributed by atoms with E-state index in [2.05, 4.69) is 20.8 Å². The number of carbonyl (C=O) groups is 1. The van der Waals surface area contributed by atoms with Crippen molar-refractivity contribution in [1.82, 2.24) is 0 Å². The number of esters is 1. The minimum absolute atomic E-state index is 0.0840. The highest BCUT2D eigenvalue weighted by Crippen LogP contribution is 2.69. The zero-order valence-corrected chi connectivity index (χ0v) is 13.5. The van der Waals surface area contributed by atoms with Crippen molar-refractivity contribution in [3.05, 3.63) is 0 Å². The first-order valence-corrected chi connectivity index (χ1v) is 8.73. The van der Waals surface area contributed by atoms with Crippen LogP contribution in [-0.4, -0.2) is 12.6 Å². The van der Waals surface area contributed by atoms with Gasteiger partial charge in [0, 0.05) is 0 Å². The van der Waals surface area contributed by atoms with Crippen LogP contribution in [0.2, 0.25) is 0 Å². The molecule has 0 saturated heterocycles. The first-order valence-electron chi connectivity index (χ1n) is 8.73. The lowest BCUT2D eigenvalue weighted by atomic mass is 9.63. The third-order valence-corrected chi connectivity index (χ3v) is 7.00. The Labute approximate surface area is 123 Å². The van der Waals surface area contributed by atoms with E-state index in [9.17, 15) is 4.79 Å². The summed E-state index contributed by atoms with van der Waals surface area (Å²) in [4.78, 5) is 12.5. The summed E-state index contributed by atoms with van der Waals surface area (Å²) in [5.74, 6) is 4.97. The van der Waals surface area contributed by atoms with Crippen LogP contribution in [0.5, 0.6) is 0 Å². The third kappa shape index (κ3) is 1.79. The molecule has 2 bridgehead atoms. The summed E-state index contributed by atoms with van der Waals surface area (Å²) in [6, 6.07) is 0. The molecule has 3 aliphatic rings. The molecule has 4 unspecified atom stereocenters. The van der Waals surface area contributed by atoms with E-state index in [1.165, 1.54) is 25.7 Å². The van der Waals surface area contributed by atoms with Gasteiger partial charge in [0.25, 0.3) is 0 Å². The average molecular weight is 278 g/mol. The largest absolute Gasteiger partial charge is 0.466 e. The molecule has 0 aromatic rings. The van der Waals surface area contributed by atoms with Crippen LogP contribution in [-0.2, 0) is 9.53 Å². The number of carbonyl (C=O) groups excluding carboxylic acids is 1. The predicted molar refractivity (Wildman–Crippen MR) is 80.1 cm³/mol. The van der Waals surface area contributed by atoms with E-state index >= 15 is 0 Å². The molecule has 114 valence electrons. The van der Waals surface area contributed by atoms with Gasteiger partial charge in [0.15, 0.2) is 0 Å². The first-order chi connectivity index (χ1) is 9.56. The van der Waals surface area contributed by atoms with Crippen molar-refractivity contribution in [2.75, 3.05) is 6.61 Å². The molecule has 7 atom stereocenters. The van der Waals surface area contributed by atoms with E-state index in [1.54, 1.807) is 0 Å². The monoisotopic (exact) mass is 278 g/mol. The molecule has 0 spiro atoms. The quantitative estimate of drug-likeness (QED) is 0.717. The Morgan fingerprint density at radius 1 is 1.10 bits per heavy atom. The minimum atomic E-state index is -0.183. The van der Waals surface area contributed by atoms with Gasteiger partial charge in [-0.05, 0) is 68.6 Å². The second-order valence-corrected chi connectivity index (χ2v) is 7.67. The van der Waals surface area contributed by atoms with Crippen LogP contribution in [0.4, 0.5) is 0 Å². The Morgan fingerprint density at radius 3 is 2.35 bits per heavy atom. The van der Waals surface area contributed by atoms with Crippen LogP contribution < -0.4 is 0 Å². The summed E-state index contributed by atoms with van der Waals surface area (Å²) in [5, 5.41) is 0. The Morgan fingerprint density at radius 2 is 1.75 bits per heavy atom. The van der Waals surface area contributed by atoms with Gasteiger partial charge in [-0.2, -0.15) is 0 Å². The Bertz CT molecular complexity index is 391. The van der Waals surface area contributed by atoms with Crippen molar-refractivity contribution in [1.29, 1.82) is 0 Å². The van der Waals surface area contributed by atoms with Gasteiger partial charge in [0.2, 0.25) is 0 Å². The molecule has 3 fully saturated rings. The van der Waals surface area contributed by atoms with Gasteiger partial charge in [-0.15, -0.1) is 0 Å². The fourth-order valence-corrected chi connectivity index (χ4v) is 6.28. The topological polar surface area (TPSA) is 26.3 Å². The van der Waals surface area contributed by atoms with E-state index in [0.717, 1.165) is 36.0 Å². The Hall–Kier alpha value is -0.530. The first kappa shape index (κ1) is 14.4. The molecular formula is C18H30O2. The summed E-state index contributed by atoms with van der Waals surface area (Å²) >= 11 is 0. The average Bonchev–Trinajstić information content (AvgIpc) is 3.07. The lowest BCUT2D eigenvalue weighted by molar-refractivity contribution is -0.160. The maximum atomic E-state index is 12.5. The summed E-state index contributed by atoms with van der Waals surface area (Å²) in [6.07, 6.45) is 6.41. The maximum absolute atomic E-state index is 12.5. The molecule has 3 aliphatic carbocycles. The SMILES string of the molecule is CCOC(=O)[C@@]1(C)C[C@H]2C[C@@H]1C1C(CC)CC(CC)C12. The number of hydrogen-bond donors (Lipinski definition) is 0. The fraction of sp³-hybridized carbons (Fsp3) is 0.944. The normalized spacial score (nSPS) is 49.4. The molecule has 2 nitrogen and oxygen atoms in total. The molecule has 20 heavy (non-hydrogen) atoms. The van der Waals surface area contributed by atoms with Gasteiger partial charge < -0.3 is 4.74 Å². The molecule has 0 aromatic heterocycles. The second-order valence-electron chi connectivity index (χ2n) is 7.67. The summed E-state index contributed by atoms with van der Waals surface area (Å²) in [7, 11) is 0. The summed E-state index contributed by atoms with van der Waals surface area (Å²) in [6.45, 7) is 9.34. The predicted octanol–water partition coefficient (Wildman–Crippen LogP) is 4.28. The van der Waals surface area contributed by atoms with E-state index in [4.69, 9.17) is 4.74 Å². The van der Waals surface area contributed by atoms with Crippen molar-refractivity contribution in [3.63, 3.8) is 0 Å². The molecular weight excluding hydrogens is 248 g/mol. The molecule has 0 aromatic carbocycles. The van der Waals surface area contributed by atoms with Crippen LogP contribution in [0.3, 0.4) is 0 Å².